The Morgan fingerprint density at radius 3 is 2.30 bits per heavy atom. The van der Waals surface area contributed by atoms with Crippen LogP contribution in [0.3, 0.4) is 0 Å². The van der Waals surface area contributed by atoms with Gasteiger partial charge in [0.2, 0.25) is 0 Å². The minimum Gasteiger partial charge on any atom is -0.493 e. The fourth-order valence-corrected chi connectivity index (χ4v) is 5.65. The highest BCUT2D eigenvalue weighted by atomic mass is 16.6. The van der Waals surface area contributed by atoms with Crippen molar-refractivity contribution in [3.8, 4) is 17.2 Å². The van der Waals surface area contributed by atoms with Crippen LogP contribution in [0.1, 0.15) is 53.6 Å². The van der Waals surface area contributed by atoms with Crippen LogP contribution in [-0.2, 0) is 12.8 Å². The first-order valence-corrected chi connectivity index (χ1v) is 15.2. The van der Waals surface area contributed by atoms with E-state index in [4.69, 9.17) is 14.5 Å². The van der Waals surface area contributed by atoms with E-state index in [1.807, 2.05) is 49.4 Å². The number of aryl methyl sites for hydroxylation is 1. The molecule has 1 amide bonds. The Hall–Kier alpha value is -5.51. The van der Waals surface area contributed by atoms with Crippen molar-refractivity contribution in [2.45, 2.75) is 39.2 Å². The smallest absolute Gasteiger partial charge is 0.270 e. The minimum absolute atomic E-state index is 0.168. The van der Waals surface area contributed by atoms with E-state index in [1.165, 1.54) is 18.2 Å². The maximum Gasteiger partial charge on any atom is 0.270 e. The standard InChI is InChI=1S/C36H36N4O6/c1-5-24-14-17-27(18-15-24)39-34(37-30-13-8-7-12-29(30)36(39)42)31(6-2)38(35(41)26-10-9-11-28(23-26)40(43)44)21-20-25-16-19-32(45-3)33(22-25)46-4/h7-19,22-23,31H,5-6,20-21H2,1-4H3. The lowest BCUT2D eigenvalue weighted by Gasteiger charge is -2.32. The number of aromatic nitrogens is 2. The predicted molar refractivity (Wildman–Crippen MR) is 177 cm³/mol. The Labute approximate surface area is 267 Å². The highest BCUT2D eigenvalue weighted by molar-refractivity contribution is 5.95. The van der Waals surface area contributed by atoms with E-state index >= 15 is 0 Å². The van der Waals surface area contributed by atoms with E-state index in [9.17, 15) is 19.7 Å². The van der Waals surface area contributed by atoms with Gasteiger partial charge in [-0.15, -0.1) is 0 Å². The van der Waals surface area contributed by atoms with Crippen molar-refractivity contribution in [2.75, 3.05) is 20.8 Å². The molecule has 4 aromatic carbocycles. The molecule has 0 aliphatic heterocycles. The summed E-state index contributed by atoms with van der Waals surface area (Å²) in [6.45, 7) is 4.22. The lowest BCUT2D eigenvalue weighted by atomic mass is 10.0. The first-order chi connectivity index (χ1) is 22.3. The molecule has 10 nitrogen and oxygen atoms in total. The Bertz CT molecular complexity index is 1940. The van der Waals surface area contributed by atoms with Gasteiger partial charge in [-0.25, -0.2) is 4.98 Å². The number of non-ortho nitro benzene ring substituents is 1. The summed E-state index contributed by atoms with van der Waals surface area (Å²) < 4.78 is 12.5. The summed E-state index contributed by atoms with van der Waals surface area (Å²) in [6, 6.07) is 25.5. The van der Waals surface area contributed by atoms with Crippen LogP contribution in [0, 0.1) is 10.1 Å². The van der Waals surface area contributed by atoms with Crippen molar-refractivity contribution in [1.29, 1.82) is 0 Å². The molecule has 46 heavy (non-hydrogen) atoms. The summed E-state index contributed by atoms with van der Waals surface area (Å²) in [6.07, 6.45) is 1.70. The number of nitro groups is 1. The average molecular weight is 621 g/mol. The van der Waals surface area contributed by atoms with Crippen LogP contribution in [0.25, 0.3) is 16.6 Å². The molecule has 0 fully saturated rings. The van der Waals surface area contributed by atoms with Crippen molar-refractivity contribution in [3.05, 3.63) is 134 Å². The molecule has 0 aliphatic rings. The Kier molecular flexibility index (Phi) is 9.76. The van der Waals surface area contributed by atoms with Crippen LogP contribution in [-0.4, -0.2) is 46.0 Å². The second-order valence-electron chi connectivity index (χ2n) is 10.8. The van der Waals surface area contributed by atoms with Crippen molar-refractivity contribution in [3.63, 3.8) is 0 Å². The predicted octanol–water partition coefficient (Wildman–Crippen LogP) is 6.71. The summed E-state index contributed by atoms with van der Waals surface area (Å²) in [7, 11) is 3.12. The van der Waals surface area contributed by atoms with Crippen molar-refractivity contribution >= 4 is 22.5 Å². The number of carbonyl (C=O) groups excluding carboxylic acids is 1. The zero-order valence-electron chi connectivity index (χ0n) is 26.3. The number of amides is 1. The molecule has 10 heteroatoms. The topological polar surface area (TPSA) is 117 Å². The number of rotatable bonds is 12. The maximum atomic E-state index is 14.4. The second kappa shape index (κ2) is 14.1. The average Bonchev–Trinajstić information content (AvgIpc) is 3.09. The zero-order chi connectivity index (χ0) is 32.8. The molecule has 0 spiro atoms. The van der Waals surface area contributed by atoms with Gasteiger partial charge >= 0.3 is 0 Å². The molecule has 0 N–H and O–H groups in total. The van der Waals surface area contributed by atoms with Crippen LogP contribution in [0.5, 0.6) is 11.5 Å². The molecule has 0 aliphatic carbocycles. The normalized spacial score (nSPS) is 11.7. The summed E-state index contributed by atoms with van der Waals surface area (Å²) in [5.74, 6) is 1.14. The third kappa shape index (κ3) is 6.46. The van der Waals surface area contributed by atoms with E-state index in [1.54, 1.807) is 54.0 Å². The van der Waals surface area contributed by atoms with Crippen LogP contribution < -0.4 is 15.0 Å². The van der Waals surface area contributed by atoms with Gasteiger partial charge in [0.05, 0.1) is 41.8 Å². The number of nitro benzene ring substituents is 1. The number of para-hydroxylation sites is 1. The molecule has 1 heterocycles. The van der Waals surface area contributed by atoms with Crippen molar-refractivity contribution < 1.29 is 19.2 Å². The fourth-order valence-electron chi connectivity index (χ4n) is 5.65. The first kappa shape index (κ1) is 31.9. The molecule has 5 aromatic rings. The largest absolute Gasteiger partial charge is 0.493 e. The molecule has 0 radical (unpaired) electrons. The first-order valence-electron chi connectivity index (χ1n) is 15.2. The van der Waals surface area contributed by atoms with E-state index in [-0.39, 0.29) is 23.4 Å². The Balaban J connectivity index is 1.67. The molecule has 1 aromatic heterocycles. The Morgan fingerprint density at radius 2 is 1.63 bits per heavy atom. The van der Waals surface area contributed by atoms with E-state index in [0.717, 1.165) is 17.5 Å². The van der Waals surface area contributed by atoms with E-state index in [2.05, 4.69) is 6.92 Å². The van der Waals surface area contributed by atoms with Gasteiger partial charge in [-0.05, 0) is 72.9 Å². The number of benzene rings is 4. The lowest BCUT2D eigenvalue weighted by molar-refractivity contribution is -0.384. The number of hydrogen-bond donors (Lipinski definition) is 0. The van der Waals surface area contributed by atoms with Gasteiger partial charge in [0.25, 0.3) is 17.2 Å². The Morgan fingerprint density at radius 1 is 0.913 bits per heavy atom. The van der Waals surface area contributed by atoms with Crippen molar-refractivity contribution in [2.24, 2.45) is 0 Å². The summed E-state index contributed by atoms with van der Waals surface area (Å²) in [5.41, 5.74) is 2.91. The molecule has 0 bridgehead atoms. The molecule has 5 rings (SSSR count). The van der Waals surface area contributed by atoms with Crippen LogP contribution in [0.2, 0.25) is 0 Å². The van der Waals surface area contributed by atoms with E-state index < -0.39 is 16.9 Å². The molecular formula is C36H36N4O6. The fraction of sp³-hybridized carbons (Fsp3) is 0.250. The van der Waals surface area contributed by atoms with Gasteiger partial charge in [-0.2, -0.15) is 0 Å². The quantitative estimate of drug-likeness (QED) is 0.112. The SMILES string of the molecule is CCc1ccc(-n2c(C(CC)N(CCc3ccc(OC)c(OC)c3)C(=O)c3cccc([N+](=O)[O-])c3)nc3ccccc3c2=O)cc1. The third-order valence-electron chi connectivity index (χ3n) is 8.12. The second-order valence-corrected chi connectivity index (χ2v) is 10.8. The molecular weight excluding hydrogens is 584 g/mol. The van der Waals surface area contributed by atoms with Crippen LogP contribution in [0.15, 0.2) is 95.8 Å². The highest BCUT2D eigenvalue weighted by Gasteiger charge is 2.30. The monoisotopic (exact) mass is 620 g/mol. The minimum atomic E-state index is -0.657. The molecule has 1 unspecified atom stereocenters. The molecule has 1 atom stereocenters. The number of nitrogens with zero attached hydrogens (tertiary/aromatic N) is 4. The zero-order valence-corrected chi connectivity index (χ0v) is 26.3. The van der Waals surface area contributed by atoms with Gasteiger partial charge in [-0.1, -0.05) is 50.2 Å². The van der Waals surface area contributed by atoms with Gasteiger partial charge in [0, 0.05) is 24.2 Å². The number of hydrogen-bond acceptors (Lipinski definition) is 7. The highest BCUT2D eigenvalue weighted by Crippen LogP contribution is 2.31. The number of methoxy groups -OCH3 is 2. The van der Waals surface area contributed by atoms with Crippen LogP contribution >= 0.6 is 0 Å². The third-order valence-corrected chi connectivity index (χ3v) is 8.12. The van der Waals surface area contributed by atoms with E-state index in [0.29, 0.717) is 46.8 Å². The summed E-state index contributed by atoms with van der Waals surface area (Å²) >= 11 is 0. The van der Waals surface area contributed by atoms with Gasteiger partial charge in [0.1, 0.15) is 5.82 Å². The van der Waals surface area contributed by atoms with Crippen molar-refractivity contribution in [1.82, 2.24) is 14.5 Å². The molecule has 236 valence electrons. The summed E-state index contributed by atoms with van der Waals surface area (Å²) in [5, 5.41) is 12.1. The van der Waals surface area contributed by atoms with Gasteiger partial charge in [-0.3, -0.25) is 24.3 Å². The lowest BCUT2D eigenvalue weighted by Crippen LogP contribution is -2.39. The van der Waals surface area contributed by atoms with Gasteiger partial charge < -0.3 is 14.4 Å². The summed E-state index contributed by atoms with van der Waals surface area (Å²) in [4.78, 5) is 46.2. The number of carbonyl (C=O) groups is 1. The number of fused-ring (bicyclic) bond motifs is 1. The maximum absolute atomic E-state index is 14.4. The molecule has 0 saturated heterocycles. The van der Waals surface area contributed by atoms with Crippen LogP contribution in [0.4, 0.5) is 5.69 Å². The van der Waals surface area contributed by atoms with Gasteiger partial charge in [0.15, 0.2) is 11.5 Å². The molecule has 0 saturated carbocycles. The number of ether oxygens (including phenoxy) is 2.